The normalized spacial score (nSPS) is 28.6. The molecular weight excluding hydrogens is 232 g/mol. The van der Waals surface area contributed by atoms with E-state index in [1.165, 1.54) is 19.3 Å². The van der Waals surface area contributed by atoms with Crippen LogP contribution in [0.1, 0.15) is 39.0 Å². The molecule has 3 unspecified atom stereocenters. The number of piperidine rings is 1. The smallest absolute Gasteiger partial charge is 0.317 e. The number of aliphatic carboxylic acids is 1. The van der Waals surface area contributed by atoms with Gasteiger partial charge >= 0.3 is 12.0 Å². The highest BCUT2D eigenvalue weighted by Gasteiger charge is 2.37. The minimum Gasteiger partial charge on any atom is -0.481 e. The highest BCUT2D eigenvalue weighted by Crippen LogP contribution is 2.36. The van der Waals surface area contributed by atoms with Gasteiger partial charge in [-0.2, -0.15) is 0 Å². The number of amides is 2. The van der Waals surface area contributed by atoms with E-state index in [1.807, 2.05) is 4.90 Å². The van der Waals surface area contributed by atoms with E-state index in [2.05, 4.69) is 5.32 Å². The highest BCUT2D eigenvalue weighted by molar-refractivity contribution is 5.76. The second kappa shape index (κ2) is 5.59. The molecule has 5 heteroatoms. The number of likely N-dealkylation sites (tertiary alicyclic amines) is 1. The zero-order valence-corrected chi connectivity index (χ0v) is 10.9. The van der Waals surface area contributed by atoms with Gasteiger partial charge in [-0.15, -0.1) is 0 Å². The molecule has 2 amide bonds. The van der Waals surface area contributed by atoms with Crippen LogP contribution in [0.2, 0.25) is 0 Å². The van der Waals surface area contributed by atoms with Gasteiger partial charge < -0.3 is 15.3 Å². The van der Waals surface area contributed by atoms with Crippen molar-refractivity contribution in [2.75, 3.05) is 13.1 Å². The minimum atomic E-state index is -0.868. The number of hydrogen-bond acceptors (Lipinski definition) is 2. The molecule has 2 N–H and O–H groups in total. The SMILES string of the molecule is CC(CNC(=O)N1CCCC2CCCC21)C(=O)O. The molecule has 5 nitrogen and oxygen atoms in total. The topological polar surface area (TPSA) is 69.6 Å². The number of carboxylic acid groups (broad SMARTS) is 1. The molecule has 1 saturated carbocycles. The molecule has 1 aliphatic heterocycles. The lowest BCUT2D eigenvalue weighted by molar-refractivity contribution is -0.140. The molecule has 2 aliphatic rings. The van der Waals surface area contributed by atoms with E-state index in [0.29, 0.717) is 12.0 Å². The largest absolute Gasteiger partial charge is 0.481 e. The summed E-state index contributed by atoms with van der Waals surface area (Å²) in [6, 6.07) is 0.304. The fourth-order valence-corrected chi connectivity index (χ4v) is 3.14. The molecule has 1 aliphatic carbocycles. The molecule has 102 valence electrons. The van der Waals surface area contributed by atoms with Crippen molar-refractivity contribution in [3.63, 3.8) is 0 Å². The first kappa shape index (κ1) is 13.2. The van der Waals surface area contributed by atoms with Crippen LogP contribution in [0.15, 0.2) is 0 Å². The summed E-state index contributed by atoms with van der Waals surface area (Å²) in [4.78, 5) is 24.7. The van der Waals surface area contributed by atoms with Crippen LogP contribution in [0.4, 0.5) is 4.79 Å². The van der Waals surface area contributed by atoms with E-state index in [1.54, 1.807) is 6.92 Å². The van der Waals surface area contributed by atoms with Crippen molar-refractivity contribution < 1.29 is 14.7 Å². The molecule has 0 aromatic carbocycles. The van der Waals surface area contributed by atoms with Gasteiger partial charge in [-0.05, 0) is 31.6 Å². The summed E-state index contributed by atoms with van der Waals surface area (Å²) in [5.41, 5.74) is 0. The molecule has 3 atom stereocenters. The molecule has 0 radical (unpaired) electrons. The van der Waals surface area contributed by atoms with E-state index >= 15 is 0 Å². The van der Waals surface area contributed by atoms with Gasteiger partial charge in [0.05, 0.1) is 5.92 Å². The van der Waals surface area contributed by atoms with Crippen molar-refractivity contribution >= 4 is 12.0 Å². The first-order chi connectivity index (χ1) is 8.59. The number of carbonyl (C=O) groups excluding carboxylic acids is 1. The Labute approximate surface area is 108 Å². The Bertz CT molecular complexity index is 332. The maximum Gasteiger partial charge on any atom is 0.317 e. The van der Waals surface area contributed by atoms with Gasteiger partial charge in [0, 0.05) is 19.1 Å². The van der Waals surface area contributed by atoms with Crippen molar-refractivity contribution in [2.24, 2.45) is 11.8 Å². The molecule has 1 saturated heterocycles. The number of carboxylic acids is 1. The van der Waals surface area contributed by atoms with Crippen molar-refractivity contribution in [2.45, 2.75) is 45.1 Å². The van der Waals surface area contributed by atoms with Crippen molar-refractivity contribution in [1.29, 1.82) is 0 Å². The van der Waals surface area contributed by atoms with Crippen LogP contribution >= 0.6 is 0 Å². The average Bonchev–Trinajstić information content (AvgIpc) is 2.83. The second-order valence-electron chi connectivity index (χ2n) is 5.52. The first-order valence-electron chi connectivity index (χ1n) is 6.87. The molecular formula is C13H22N2O3. The zero-order valence-electron chi connectivity index (χ0n) is 10.9. The van der Waals surface area contributed by atoms with E-state index < -0.39 is 11.9 Å². The van der Waals surface area contributed by atoms with E-state index in [4.69, 9.17) is 5.11 Å². The lowest BCUT2D eigenvalue weighted by Gasteiger charge is -2.37. The Kier molecular flexibility index (Phi) is 4.09. The third-order valence-electron chi connectivity index (χ3n) is 4.24. The third-order valence-corrected chi connectivity index (χ3v) is 4.24. The Morgan fingerprint density at radius 1 is 1.33 bits per heavy atom. The first-order valence-corrected chi connectivity index (χ1v) is 6.87. The maximum absolute atomic E-state index is 12.1. The van der Waals surface area contributed by atoms with Crippen LogP contribution < -0.4 is 5.32 Å². The summed E-state index contributed by atoms with van der Waals surface area (Å²) in [5, 5.41) is 11.5. The van der Waals surface area contributed by atoms with Crippen LogP contribution in [-0.2, 0) is 4.79 Å². The van der Waals surface area contributed by atoms with Gasteiger partial charge in [-0.1, -0.05) is 13.3 Å². The second-order valence-corrected chi connectivity index (χ2v) is 5.52. The molecule has 2 rings (SSSR count). The predicted molar refractivity (Wildman–Crippen MR) is 67.3 cm³/mol. The summed E-state index contributed by atoms with van der Waals surface area (Å²) in [6.07, 6.45) is 5.86. The molecule has 0 spiro atoms. The quantitative estimate of drug-likeness (QED) is 0.805. The third kappa shape index (κ3) is 2.76. The molecule has 18 heavy (non-hydrogen) atoms. The van der Waals surface area contributed by atoms with Gasteiger partial charge in [0.25, 0.3) is 0 Å². The van der Waals surface area contributed by atoms with Gasteiger partial charge in [0.1, 0.15) is 0 Å². The van der Waals surface area contributed by atoms with Gasteiger partial charge in [-0.3, -0.25) is 4.79 Å². The summed E-state index contributed by atoms with van der Waals surface area (Å²) in [7, 11) is 0. The molecule has 0 aromatic rings. The Morgan fingerprint density at radius 2 is 2.06 bits per heavy atom. The van der Waals surface area contributed by atoms with Crippen LogP contribution in [0, 0.1) is 11.8 Å². The number of hydrogen-bond donors (Lipinski definition) is 2. The van der Waals surface area contributed by atoms with Crippen LogP contribution in [0.25, 0.3) is 0 Å². The van der Waals surface area contributed by atoms with Crippen molar-refractivity contribution in [3.8, 4) is 0 Å². The fourth-order valence-electron chi connectivity index (χ4n) is 3.14. The number of urea groups is 1. The fraction of sp³-hybridized carbons (Fsp3) is 0.846. The molecule has 0 bridgehead atoms. The standard InChI is InChI=1S/C13H22N2O3/c1-9(12(16)17)8-14-13(18)15-7-3-5-10-4-2-6-11(10)15/h9-11H,2-8H2,1H3,(H,14,18)(H,16,17). The summed E-state index contributed by atoms with van der Waals surface area (Å²) in [6.45, 7) is 2.63. The van der Waals surface area contributed by atoms with E-state index in [-0.39, 0.29) is 12.6 Å². The number of nitrogens with zero attached hydrogens (tertiary/aromatic N) is 1. The Balaban J connectivity index is 1.86. The lowest BCUT2D eigenvalue weighted by atomic mass is 9.92. The number of carbonyl (C=O) groups is 2. The Hall–Kier alpha value is -1.26. The van der Waals surface area contributed by atoms with Crippen molar-refractivity contribution in [1.82, 2.24) is 10.2 Å². The highest BCUT2D eigenvalue weighted by atomic mass is 16.4. The van der Waals surface area contributed by atoms with Crippen LogP contribution in [0.3, 0.4) is 0 Å². The Morgan fingerprint density at radius 3 is 2.78 bits per heavy atom. The summed E-state index contributed by atoms with van der Waals surface area (Å²) >= 11 is 0. The van der Waals surface area contributed by atoms with Crippen LogP contribution in [0.5, 0.6) is 0 Å². The number of fused-ring (bicyclic) bond motifs is 1. The predicted octanol–water partition coefficient (Wildman–Crippen LogP) is 1.68. The number of nitrogens with one attached hydrogen (secondary N) is 1. The minimum absolute atomic E-state index is 0.0836. The van der Waals surface area contributed by atoms with E-state index in [0.717, 1.165) is 19.4 Å². The van der Waals surface area contributed by atoms with E-state index in [9.17, 15) is 9.59 Å². The number of rotatable bonds is 3. The summed E-state index contributed by atoms with van der Waals surface area (Å²) < 4.78 is 0. The van der Waals surface area contributed by atoms with Crippen LogP contribution in [-0.4, -0.2) is 41.1 Å². The molecule has 0 aromatic heterocycles. The van der Waals surface area contributed by atoms with Gasteiger partial charge in [-0.25, -0.2) is 4.79 Å². The monoisotopic (exact) mass is 254 g/mol. The van der Waals surface area contributed by atoms with Gasteiger partial charge in [0.2, 0.25) is 0 Å². The zero-order chi connectivity index (χ0) is 13.1. The molecule has 1 heterocycles. The lowest BCUT2D eigenvalue weighted by Crippen LogP contribution is -2.51. The molecule has 2 fully saturated rings. The maximum atomic E-state index is 12.1. The summed E-state index contributed by atoms with van der Waals surface area (Å²) in [5.74, 6) is -0.729. The van der Waals surface area contributed by atoms with Gasteiger partial charge in [0.15, 0.2) is 0 Å². The van der Waals surface area contributed by atoms with Crippen molar-refractivity contribution in [3.05, 3.63) is 0 Å². The average molecular weight is 254 g/mol.